The summed E-state index contributed by atoms with van der Waals surface area (Å²) in [5, 5.41) is 3.58. The van der Waals surface area contributed by atoms with E-state index in [0.29, 0.717) is 0 Å². The average Bonchev–Trinajstić information content (AvgIpc) is 2.89. The van der Waals surface area contributed by atoms with Crippen LogP contribution in [0.25, 0.3) is 0 Å². The topological polar surface area (TPSA) is 12.0 Å². The normalized spacial score (nSPS) is 13.7. The Morgan fingerprint density at radius 2 is 1.74 bits per heavy atom. The molecule has 2 rings (SSSR count). The number of hydrogen-bond acceptors (Lipinski definition) is 1. The molecule has 1 aromatic carbocycles. The summed E-state index contributed by atoms with van der Waals surface area (Å²) in [5.74, 6) is 0. The zero-order valence-corrected chi connectivity index (χ0v) is 12.5. The summed E-state index contributed by atoms with van der Waals surface area (Å²) < 4.78 is 0. The minimum absolute atomic E-state index is 1.04. The Hall–Kier alpha value is -0.820. The van der Waals surface area contributed by atoms with Gasteiger partial charge in [0.15, 0.2) is 0 Å². The van der Waals surface area contributed by atoms with Crippen LogP contribution in [0.3, 0.4) is 0 Å². The van der Waals surface area contributed by atoms with E-state index in [4.69, 9.17) is 0 Å². The van der Waals surface area contributed by atoms with Crippen molar-refractivity contribution in [3.63, 3.8) is 0 Å². The van der Waals surface area contributed by atoms with Crippen LogP contribution in [-0.4, -0.2) is 6.54 Å². The van der Waals surface area contributed by atoms with Crippen LogP contribution in [0.2, 0.25) is 0 Å². The van der Waals surface area contributed by atoms with E-state index in [1.807, 2.05) is 0 Å². The largest absolute Gasteiger partial charge is 0.313 e. The summed E-state index contributed by atoms with van der Waals surface area (Å²) in [4.78, 5) is 0. The van der Waals surface area contributed by atoms with Crippen LogP contribution in [0.15, 0.2) is 18.2 Å². The average molecular weight is 259 g/mol. The predicted molar refractivity (Wildman–Crippen MR) is 83.5 cm³/mol. The van der Waals surface area contributed by atoms with E-state index in [1.165, 1.54) is 69.9 Å². The molecule has 1 N–H and O–H groups in total. The molecule has 0 saturated heterocycles. The van der Waals surface area contributed by atoms with Gasteiger partial charge in [-0.2, -0.15) is 0 Å². The van der Waals surface area contributed by atoms with Crippen LogP contribution in [0.1, 0.15) is 68.6 Å². The van der Waals surface area contributed by atoms with E-state index >= 15 is 0 Å². The molecule has 1 aliphatic carbocycles. The fraction of sp³-hybridized carbons (Fsp3) is 0.667. The number of aryl methyl sites for hydroxylation is 2. The van der Waals surface area contributed by atoms with Gasteiger partial charge in [0, 0.05) is 6.54 Å². The van der Waals surface area contributed by atoms with Crippen molar-refractivity contribution in [2.24, 2.45) is 0 Å². The first kappa shape index (κ1) is 14.6. The zero-order valence-electron chi connectivity index (χ0n) is 12.5. The first-order valence-electron chi connectivity index (χ1n) is 8.21. The minimum atomic E-state index is 1.04. The molecule has 0 saturated carbocycles. The molecule has 0 amide bonds. The Balaban J connectivity index is 1.56. The molecule has 0 radical (unpaired) electrons. The van der Waals surface area contributed by atoms with Gasteiger partial charge in [0.1, 0.15) is 0 Å². The maximum atomic E-state index is 3.58. The molecule has 19 heavy (non-hydrogen) atoms. The second-order valence-electron chi connectivity index (χ2n) is 5.90. The highest BCUT2D eigenvalue weighted by Gasteiger charge is 2.10. The fourth-order valence-electron chi connectivity index (χ4n) is 3.00. The van der Waals surface area contributed by atoms with Crippen molar-refractivity contribution >= 4 is 0 Å². The van der Waals surface area contributed by atoms with Gasteiger partial charge in [-0.05, 0) is 48.9 Å². The summed E-state index contributed by atoms with van der Waals surface area (Å²) in [5.41, 5.74) is 4.64. The Morgan fingerprint density at radius 3 is 2.63 bits per heavy atom. The smallest absolute Gasteiger partial charge is 0.0205 e. The van der Waals surface area contributed by atoms with Crippen molar-refractivity contribution in [3.8, 4) is 0 Å². The number of benzene rings is 1. The molecular weight excluding hydrogens is 230 g/mol. The Kier molecular flexibility index (Phi) is 6.43. The van der Waals surface area contributed by atoms with Gasteiger partial charge in [0.25, 0.3) is 0 Å². The van der Waals surface area contributed by atoms with Gasteiger partial charge in [-0.25, -0.2) is 0 Å². The van der Waals surface area contributed by atoms with Gasteiger partial charge in [-0.15, -0.1) is 0 Å². The van der Waals surface area contributed by atoms with Gasteiger partial charge < -0.3 is 5.32 Å². The Morgan fingerprint density at radius 1 is 0.947 bits per heavy atom. The highest BCUT2D eigenvalue weighted by atomic mass is 14.8. The van der Waals surface area contributed by atoms with Crippen LogP contribution >= 0.6 is 0 Å². The summed E-state index contributed by atoms with van der Waals surface area (Å²) >= 11 is 0. The first-order chi connectivity index (χ1) is 9.40. The Labute approximate surface area is 118 Å². The fourth-order valence-corrected chi connectivity index (χ4v) is 3.00. The van der Waals surface area contributed by atoms with E-state index in [0.717, 1.165) is 6.54 Å². The van der Waals surface area contributed by atoms with Gasteiger partial charge >= 0.3 is 0 Å². The molecule has 1 aromatic rings. The maximum absolute atomic E-state index is 3.58. The lowest BCUT2D eigenvalue weighted by molar-refractivity contribution is 0.572. The van der Waals surface area contributed by atoms with Crippen LogP contribution in [0.4, 0.5) is 0 Å². The van der Waals surface area contributed by atoms with Crippen LogP contribution in [-0.2, 0) is 19.4 Å². The summed E-state index contributed by atoms with van der Waals surface area (Å²) in [7, 11) is 0. The van der Waals surface area contributed by atoms with Crippen molar-refractivity contribution < 1.29 is 0 Å². The number of nitrogens with one attached hydrogen (secondary N) is 1. The minimum Gasteiger partial charge on any atom is -0.313 e. The summed E-state index contributed by atoms with van der Waals surface area (Å²) in [6.07, 6.45) is 12.2. The molecule has 0 aliphatic heterocycles. The monoisotopic (exact) mass is 259 g/mol. The first-order valence-corrected chi connectivity index (χ1v) is 8.21. The number of hydrogen-bond donors (Lipinski definition) is 1. The molecule has 106 valence electrons. The standard InChI is InChI=1S/C18H29N/c1-2-3-4-5-6-7-13-19-15-16-11-12-17-9-8-10-18(17)14-16/h11-12,14,19H,2-10,13,15H2,1H3. The maximum Gasteiger partial charge on any atom is 0.0205 e. The lowest BCUT2D eigenvalue weighted by atomic mass is 10.1. The lowest BCUT2D eigenvalue weighted by Crippen LogP contribution is -2.14. The summed E-state index contributed by atoms with van der Waals surface area (Å²) in [6, 6.07) is 7.05. The van der Waals surface area contributed by atoms with Crippen molar-refractivity contribution in [2.75, 3.05) is 6.54 Å². The lowest BCUT2D eigenvalue weighted by Gasteiger charge is -2.07. The Bertz CT molecular complexity index is 370. The van der Waals surface area contributed by atoms with E-state index in [-0.39, 0.29) is 0 Å². The number of fused-ring (bicyclic) bond motifs is 1. The van der Waals surface area contributed by atoms with Crippen molar-refractivity contribution in [1.29, 1.82) is 0 Å². The molecule has 1 aliphatic rings. The zero-order chi connectivity index (χ0) is 13.3. The molecular formula is C18H29N. The van der Waals surface area contributed by atoms with Crippen molar-refractivity contribution in [2.45, 2.75) is 71.3 Å². The van der Waals surface area contributed by atoms with Gasteiger partial charge in [0.05, 0.1) is 0 Å². The molecule has 0 aromatic heterocycles. The van der Waals surface area contributed by atoms with E-state index in [2.05, 4.69) is 30.4 Å². The van der Waals surface area contributed by atoms with E-state index < -0.39 is 0 Å². The molecule has 0 heterocycles. The predicted octanol–water partition coefficient (Wildman–Crippen LogP) is 4.63. The van der Waals surface area contributed by atoms with Gasteiger partial charge in [0.2, 0.25) is 0 Å². The molecule has 1 heteroatoms. The van der Waals surface area contributed by atoms with Gasteiger partial charge in [-0.3, -0.25) is 0 Å². The molecule has 0 fully saturated rings. The van der Waals surface area contributed by atoms with Crippen LogP contribution < -0.4 is 5.32 Å². The van der Waals surface area contributed by atoms with Crippen molar-refractivity contribution in [3.05, 3.63) is 34.9 Å². The highest BCUT2D eigenvalue weighted by Crippen LogP contribution is 2.22. The summed E-state index contributed by atoms with van der Waals surface area (Å²) in [6.45, 7) is 4.49. The van der Waals surface area contributed by atoms with Gasteiger partial charge in [-0.1, -0.05) is 57.2 Å². The van der Waals surface area contributed by atoms with E-state index in [9.17, 15) is 0 Å². The van der Waals surface area contributed by atoms with Crippen molar-refractivity contribution in [1.82, 2.24) is 5.32 Å². The number of unbranched alkanes of at least 4 members (excludes halogenated alkanes) is 5. The third kappa shape index (κ3) is 4.99. The van der Waals surface area contributed by atoms with Crippen LogP contribution in [0, 0.1) is 0 Å². The molecule has 0 unspecified atom stereocenters. The molecule has 0 bridgehead atoms. The second-order valence-corrected chi connectivity index (χ2v) is 5.90. The SMILES string of the molecule is CCCCCCCCNCc1ccc2c(c1)CCC2. The highest BCUT2D eigenvalue weighted by molar-refractivity contribution is 5.35. The molecule has 0 spiro atoms. The molecule has 1 nitrogen and oxygen atoms in total. The second kappa shape index (κ2) is 8.37. The van der Waals surface area contributed by atoms with E-state index in [1.54, 1.807) is 11.1 Å². The van der Waals surface area contributed by atoms with Crippen LogP contribution in [0.5, 0.6) is 0 Å². The molecule has 0 atom stereocenters. The number of rotatable bonds is 9. The third-order valence-corrected chi connectivity index (χ3v) is 4.20. The third-order valence-electron chi connectivity index (χ3n) is 4.20. The quantitative estimate of drug-likeness (QED) is 0.638.